The van der Waals surface area contributed by atoms with Gasteiger partial charge in [-0.25, -0.2) is 4.98 Å². The largest absolute Gasteiger partial charge is 0.496 e. The van der Waals surface area contributed by atoms with Gasteiger partial charge in [0.1, 0.15) is 5.75 Å². The van der Waals surface area contributed by atoms with Crippen molar-refractivity contribution < 1.29 is 9.47 Å². The Morgan fingerprint density at radius 3 is 2.57 bits per heavy atom. The van der Waals surface area contributed by atoms with Crippen molar-refractivity contribution in [2.75, 3.05) is 14.2 Å². The predicted octanol–water partition coefficient (Wildman–Crippen LogP) is 2.82. The van der Waals surface area contributed by atoms with Crippen LogP contribution in [0.4, 0.5) is 0 Å². The van der Waals surface area contributed by atoms with Crippen LogP contribution in [0.1, 0.15) is 18.1 Å². The average molecular weight is 286 g/mol. The van der Waals surface area contributed by atoms with Gasteiger partial charge in [0.15, 0.2) is 0 Å². The fraction of sp³-hybridized carbons (Fsp3) is 0.353. The number of hydrogen-bond donors (Lipinski definition) is 1. The highest BCUT2D eigenvalue weighted by atomic mass is 16.5. The maximum absolute atomic E-state index is 5.38. The minimum atomic E-state index is 0.350. The fourth-order valence-corrected chi connectivity index (χ4v) is 2.20. The summed E-state index contributed by atoms with van der Waals surface area (Å²) in [6, 6.07) is 12.4. The average Bonchev–Trinajstić information content (AvgIpc) is 2.54. The number of aromatic nitrogens is 1. The van der Waals surface area contributed by atoms with Crippen molar-refractivity contribution in [3.8, 4) is 11.6 Å². The lowest BCUT2D eigenvalue weighted by Gasteiger charge is -2.16. The Labute approximate surface area is 126 Å². The van der Waals surface area contributed by atoms with Gasteiger partial charge in [-0.2, -0.15) is 0 Å². The molecule has 112 valence electrons. The van der Waals surface area contributed by atoms with Gasteiger partial charge in [0.25, 0.3) is 0 Å². The van der Waals surface area contributed by atoms with Crippen LogP contribution in [0.5, 0.6) is 11.6 Å². The molecule has 0 bridgehead atoms. The number of ether oxygens (including phenoxy) is 2. The fourth-order valence-electron chi connectivity index (χ4n) is 2.20. The molecule has 0 spiro atoms. The molecule has 1 N–H and O–H groups in total. The molecule has 2 aromatic rings. The number of nitrogens with zero attached hydrogens (tertiary/aromatic N) is 1. The van der Waals surface area contributed by atoms with Crippen molar-refractivity contribution >= 4 is 0 Å². The molecule has 0 radical (unpaired) electrons. The first-order valence-corrected chi connectivity index (χ1v) is 7.07. The molecule has 4 nitrogen and oxygen atoms in total. The molecule has 0 saturated carbocycles. The quantitative estimate of drug-likeness (QED) is 0.850. The molecule has 0 aliphatic carbocycles. The maximum atomic E-state index is 5.38. The highest BCUT2D eigenvalue weighted by Crippen LogP contribution is 2.19. The summed E-state index contributed by atoms with van der Waals surface area (Å²) in [7, 11) is 3.33. The van der Waals surface area contributed by atoms with Crippen LogP contribution in [0, 0.1) is 0 Å². The van der Waals surface area contributed by atoms with Crippen LogP contribution in [0.2, 0.25) is 0 Å². The van der Waals surface area contributed by atoms with E-state index in [-0.39, 0.29) is 0 Å². The molecule has 0 amide bonds. The summed E-state index contributed by atoms with van der Waals surface area (Å²) in [6.45, 7) is 2.96. The predicted molar refractivity (Wildman–Crippen MR) is 83.8 cm³/mol. The van der Waals surface area contributed by atoms with Crippen LogP contribution in [-0.4, -0.2) is 25.2 Å². The summed E-state index contributed by atoms with van der Waals surface area (Å²) in [5.41, 5.74) is 2.36. The third-order valence-electron chi connectivity index (χ3n) is 3.38. The molecule has 0 aliphatic heterocycles. The van der Waals surface area contributed by atoms with Crippen molar-refractivity contribution in [1.82, 2.24) is 10.3 Å². The first-order valence-electron chi connectivity index (χ1n) is 7.07. The Balaban J connectivity index is 1.87. The second-order valence-corrected chi connectivity index (χ2v) is 5.01. The van der Waals surface area contributed by atoms with E-state index < -0.39 is 0 Å². The molecule has 1 aromatic carbocycles. The summed E-state index contributed by atoms with van der Waals surface area (Å²) >= 11 is 0. The van der Waals surface area contributed by atoms with Gasteiger partial charge in [-0.1, -0.05) is 24.3 Å². The third-order valence-corrected chi connectivity index (χ3v) is 3.38. The SMILES string of the molecule is COc1ccc(CNC(C)Cc2ccccc2OC)cn1. The summed E-state index contributed by atoms with van der Waals surface area (Å²) in [6.07, 6.45) is 2.76. The molecule has 0 saturated heterocycles. The highest BCUT2D eigenvalue weighted by molar-refractivity contribution is 5.33. The van der Waals surface area contributed by atoms with Crippen molar-refractivity contribution in [2.24, 2.45) is 0 Å². The van der Waals surface area contributed by atoms with Gasteiger partial charge >= 0.3 is 0 Å². The second-order valence-electron chi connectivity index (χ2n) is 5.01. The molecule has 1 unspecified atom stereocenters. The van der Waals surface area contributed by atoms with E-state index in [4.69, 9.17) is 9.47 Å². The van der Waals surface area contributed by atoms with E-state index in [0.717, 1.165) is 24.3 Å². The molecule has 4 heteroatoms. The topological polar surface area (TPSA) is 43.4 Å². The highest BCUT2D eigenvalue weighted by Gasteiger charge is 2.07. The molecule has 2 rings (SSSR count). The second kappa shape index (κ2) is 7.64. The van der Waals surface area contributed by atoms with E-state index >= 15 is 0 Å². The van der Waals surface area contributed by atoms with Crippen LogP contribution in [0.3, 0.4) is 0 Å². The van der Waals surface area contributed by atoms with Gasteiger partial charge in [0.2, 0.25) is 5.88 Å². The molecule has 0 aliphatic rings. The summed E-state index contributed by atoms with van der Waals surface area (Å²) in [5.74, 6) is 1.58. The van der Waals surface area contributed by atoms with Gasteiger partial charge in [0.05, 0.1) is 14.2 Å². The van der Waals surface area contributed by atoms with Crippen LogP contribution in [-0.2, 0) is 13.0 Å². The zero-order chi connectivity index (χ0) is 15.1. The normalized spacial score (nSPS) is 12.0. The molecule has 1 heterocycles. The Bertz CT molecular complexity index is 555. The molecule has 1 aromatic heterocycles. The standard InChI is InChI=1S/C17H22N2O2/c1-13(10-15-6-4-5-7-16(15)20-2)18-11-14-8-9-17(21-3)19-12-14/h4-9,12-13,18H,10-11H2,1-3H3. The Kier molecular flexibility index (Phi) is 5.58. The number of benzene rings is 1. The van der Waals surface area contributed by atoms with Gasteiger partial charge < -0.3 is 14.8 Å². The number of methoxy groups -OCH3 is 2. The minimum Gasteiger partial charge on any atom is -0.496 e. The number of rotatable bonds is 7. The third kappa shape index (κ3) is 4.46. The maximum Gasteiger partial charge on any atom is 0.212 e. The van der Waals surface area contributed by atoms with Gasteiger partial charge in [-0.15, -0.1) is 0 Å². The molecule has 21 heavy (non-hydrogen) atoms. The summed E-state index contributed by atoms with van der Waals surface area (Å²) in [5, 5.41) is 3.50. The van der Waals surface area contributed by atoms with Crippen LogP contribution < -0.4 is 14.8 Å². The lowest BCUT2D eigenvalue weighted by atomic mass is 10.1. The van der Waals surface area contributed by atoms with E-state index in [2.05, 4.69) is 23.3 Å². The number of nitrogens with one attached hydrogen (secondary N) is 1. The summed E-state index contributed by atoms with van der Waals surface area (Å²) < 4.78 is 10.4. The number of para-hydroxylation sites is 1. The zero-order valence-corrected chi connectivity index (χ0v) is 12.8. The van der Waals surface area contributed by atoms with Crippen molar-refractivity contribution in [3.05, 3.63) is 53.7 Å². The van der Waals surface area contributed by atoms with E-state index in [1.165, 1.54) is 5.56 Å². The van der Waals surface area contributed by atoms with E-state index in [1.54, 1.807) is 14.2 Å². The first kappa shape index (κ1) is 15.3. The Morgan fingerprint density at radius 2 is 1.90 bits per heavy atom. The van der Waals surface area contributed by atoms with Gasteiger partial charge in [0, 0.05) is 24.8 Å². The van der Waals surface area contributed by atoms with Crippen LogP contribution >= 0.6 is 0 Å². The molecule has 0 fully saturated rings. The van der Waals surface area contributed by atoms with Gasteiger partial charge in [-0.3, -0.25) is 0 Å². The van der Waals surface area contributed by atoms with Crippen LogP contribution in [0.25, 0.3) is 0 Å². The van der Waals surface area contributed by atoms with E-state index in [9.17, 15) is 0 Å². The first-order chi connectivity index (χ1) is 10.2. The number of hydrogen-bond acceptors (Lipinski definition) is 4. The lowest BCUT2D eigenvalue weighted by Crippen LogP contribution is -2.27. The van der Waals surface area contributed by atoms with Crippen molar-refractivity contribution in [3.63, 3.8) is 0 Å². The Morgan fingerprint density at radius 1 is 1.10 bits per heavy atom. The van der Waals surface area contributed by atoms with E-state index in [0.29, 0.717) is 11.9 Å². The molecule has 1 atom stereocenters. The summed E-state index contributed by atoms with van der Waals surface area (Å²) in [4.78, 5) is 4.20. The smallest absolute Gasteiger partial charge is 0.212 e. The zero-order valence-electron chi connectivity index (χ0n) is 12.8. The number of pyridine rings is 1. The monoisotopic (exact) mass is 286 g/mol. The molecular weight excluding hydrogens is 264 g/mol. The Hall–Kier alpha value is -2.07. The van der Waals surface area contributed by atoms with Crippen LogP contribution in [0.15, 0.2) is 42.6 Å². The molecular formula is C17H22N2O2. The van der Waals surface area contributed by atoms with E-state index in [1.807, 2.05) is 36.5 Å². The lowest BCUT2D eigenvalue weighted by molar-refractivity contribution is 0.397. The minimum absolute atomic E-state index is 0.350. The van der Waals surface area contributed by atoms with Gasteiger partial charge in [-0.05, 0) is 30.5 Å². The van der Waals surface area contributed by atoms with Crippen molar-refractivity contribution in [1.29, 1.82) is 0 Å². The van der Waals surface area contributed by atoms with Crippen molar-refractivity contribution in [2.45, 2.75) is 25.9 Å².